The second-order valence-electron chi connectivity index (χ2n) is 6.43. The zero-order chi connectivity index (χ0) is 18.3. The number of benzene rings is 2. The Morgan fingerprint density at radius 1 is 1.00 bits per heavy atom. The molecule has 6 nitrogen and oxygen atoms in total. The third-order valence-electron chi connectivity index (χ3n) is 4.54. The summed E-state index contributed by atoms with van der Waals surface area (Å²) in [4.78, 5) is 25.9. The van der Waals surface area contributed by atoms with Gasteiger partial charge >= 0.3 is 0 Å². The number of carbonyl (C=O) groups excluding carboxylic acids is 2. The van der Waals surface area contributed by atoms with E-state index < -0.39 is 0 Å². The van der Waals surface area contributed by atoms with E-state index >= 15 is 0 Å². The largest absolute Gasteiger partial charge is 0.308 e. The molecule has 0 bridgehead atoms. The van der Waals surface area contributed by atoms with Crippen LogP contribution in [-0.4, -0.2) is 26.7 Å². The van der Waals surface area contributed by atoms with Crippen LogP contribution in [0.15, 0.2) is 48.5 Å². The molecule has 0 fully saturated rings. The van der Waals surface area contributed by atoms with Gasteiger partial charge in [-0.25, -0.2) is 4.68 Å². The number of hydrogen-bond acceptors (Lipinski definition) is 4. The SMILES string of the molecule is CC(=O)Cn1nnc2c1-c1ccccc1N(C(C)=O)Cc1ccccc1-2. The van der Waals surface area contributed by atoms with E-state index in [0.29, 0.717) is 6.54 Å². The van der Waals surface area contributed by atoms with E-state index in [0.717, 1.165) is 33.8 Å². The van der Waals surface area contributed by atoms with Gasteiger partial charge in [0.05, 0.1) is 17.9 Å². The van der Waals surface area contributed by atoms with Crippen LogP contribution in [0.5, 0.6) is 0 Å². The van der Waals surface area contributed by atoms with Crippen molar-refractivity contribution in [3.05, 3.63) is 54.1 Å². The molecular weight excluding hydrogens is 328 g/mol. The van der Waals surface area contributed by atoms with Crippen LogP contribution >= 0.6 is 0 Å². The molecule has 3 aromatic rings. The molecule has 26 heavy (non-hydrogen) atoms. The van der Waals surface area contributed by atoms with Gasteiger partial charge in [0.1, 0.15) is 12.2 Å². The average Bonchev–Trinajstić information content (AvgIpc) is 3.00. The Balaban J connectivity index is 2.07. The minimum Gasteiger partial charge on any atom is -0.308 e. The Morgan fingerprint density at radius 3 is 2.42 bits per heavy atom. The summed E-state index contributed by atoms with van der Waals surface area (Å²) in [5.41, 5.74) is 5.05. The molecule has 4 rings (SSSR count). The van der Waals surface area contributed by atoms with Crippen molar-refractivity contribution in [3.63, 3.8) is 0 Å². The van der Waals surface area contributed by atoms with Gasteiger partial charge in [0.2, 0.25) is 5.91 Å². The van der Waals surface area contributed by atoms with E-state index in [1.165, 1.54) is 6.92 Å². The number of Topliss-reactive ketones (excluding diaryl/α,β-unsaturated/α-hetero) is 1. The fourth-order valence-electron chi connectivity index (χ4n) is 3.42. The first-order valence-corrected chi connectivity index (χ1v) is 8.45. The topological polar surface area (TPSA) is 68.1 Å². The number of hydrogen-bond donors (Lipinski definition) is 0. The monoisotopic (exact) mass is 346 g/mol. The van der Waals surface area contributed by atoms with Gasteiger partial charge in [0.15, 0.2) is 5.78 Å². The van der Waals surface area contributed by atoms with E-state index in [9.17, 15) is 9.59 Å². The summed E-state index contributed by atoms with van der Waals surface area (Å²) in [6, 6.07) is 15.5. The van der Waals surface area contributed by atoms with E-state index in [4.69, 9.17) is 0 Å². The van der Waals surface area contributed by atoms with Crippen molar-refractivity contribution in [2.75, 3.05) is 4.90 Å². The van der Waals surface area contributed by atoms with Gasteiger partial charge < -0.3 is 4.90 Å². The lowest BCUT2D eigenvalue weighted by Crippen LogP contribution is -2.29. The molecule has 2 aromatic carbocycles. The minimum atomic E-state index is -0.0405. The third-order valence-corrected chi connectivity index (χ3v) is 4.54. The van der Waals surface area contributed by atoms with Crippen molar-refractivity contribution in [2.24, 2.45) is 0 Å². The first kappa shape index (κ1) is 16.2. The molecule has 1 aliphatic rings. The van der Waals surface area contributed by atoms with Crippen molar-refractivity contribution in [1.82, 2.24) is 15.0 Å². The van der Waals surface area contributed by atoms with Gasteiger partial charge in [-0.2, -0.15) is 0 Å². The van der Waals surface area contributed by atoms with Crippen LogP contribution in [0.25, 0.3) is 22.5 Å². The number of amides is 1. The predicted octanol–water partition coefficient (Wildman–Crippen LogP) is 3.07. The van der Waals surface area contributed by atoms with E-state index in [-0.39, 0.29) is 18.2 Å². The second-order valence-corrected chi connectivity index (χ2v) is 6.43. The maximum atomic E-state index is 12.4. The first-order chi connectivity index (χ1) is 12.6. The van der Waals surface area contributed by atoms with Gasteiger partial charge in [0.25, 0.3) is 0 Å². The molecule has 0 atom stereocenters. The number of para-hydroxylation sites is 1. The molecular formula is C20H18N4O2. The molecule has 0 saturated carbocycles. The second kappa shape index (κ2) is 6.22. The van der Waals surface area contributed by atoms with Gasteiger partial charge in [-0.3, -0.25) is 9.59 Å². The summed E-state index contributed by atoms with van der Waals surface area (Å²) in [6.07, 6.45) is 0. The van der Waals surface area contributed by atoms with Crippen molar-refractivity contribution in [2.45, 2.75) is 26.9 Å². The first-order valence-electron chi connectivity index (χ1n) is 8.45. The molecule has 0 radical (unpaired) electrons. The van der Waals surface area contributed by atoms with Crippen LogP contribution in [0.4, 0.5) is 5.69 Å². The number of ketones is 1. The Labute approximate surface area is 151 Å². The zero-order valence-corrected chi connectivity index (χ0v) is 14.6. The molecule has 0 unspecified atom stereocenters. The lowest BCUT2D eigenvalue weighted by Gasteiger charge is -2.27. The van der Waals surface area contributed by atoms with Gasteiger partial charge in [-0.05, 0) is 18.6 Å². The Kier molecular flexibility index (Phi) is 3.88. The highest BCUT2D eigenvalue weighted by atomic mass is 16.2. The molecule has 1 amide bonds. The summed E-state index contributed by atoms with van der Waals surface area (Å²) >= 11 is 0. The normalized spacial score (nSPS) is 12.5. The van der Waals surface area contributed by atoms with E-state index in [2.05, 4.69) is 10.3 Å². The van der Waals surface area contributed by atoms with Crippen molar-refractivity contribution in [1.29, 1.82) is 0 Å². The summed E-state index contributed by atoms with van der Waals surface area (Å²) in [5, 5.41) is 8.61. The highest BCUT2D eigenvalue weighted by molar-refractivity contribution is 5.99. The predicted molar refractivity (Wildman–Crippen MR) is 98.4 cm³/mol. The number of rotatable bonds is 2. The fourth-order valence-corrected chi connectivity index (χ4v) is 3.42. The number of aromatic nitrogens is 3. The molecule has 2 heterocycles. The number of anilines is 1. The molecule has 0 aliphatic carbocycles. The number of fused-ring (bicyclic) bond motifs is 5. The smallest absolute Gasteiger partial charge is 0.224 e. The Morgan fingerprint density at radius 2 is 1.69 bits per heavy atom. The molecule has 6 heteroatoms. The van der Waals surface area contributed by atoms with E-state index in [1.807, 2.05) is 48.5 Å². The standard InChI is InChI=1S/C20H18N4O2/c1-13(25)11-24-20-17-9-5-6-10-18(17)23(14(2)26)12-15-7-3-4-8-16(15)19(20)21-22-24/h3-10H,11-12H2,1-2H3. The summed E-state index contributed by atoms with van der Waals surface area (Å²) in [6.45, 7) is 3.69. The molecule has 0 saturated heterocycles. The van der Waals surface area contributed by atoms with Crippen molar-refractivity contribution in [3.8, 4) is 22.5 Å². The average molecular weight is 346 g/mol. The van der Waals surface area contributed by atoms with Gasteiger partial charge in [0, 0.05) is 18.1 Å². The van der Waals surface area contributed by atoms with Gasteiger partial charge in [-0.1, -0.05) is 47.7 Å². The Bertz CT molecular complexity index is 1020. The third kappa shape index (κ3) is 2.60. The van der Waals surface area contributed by atoms with Crippen LogP contribution in [-0.2, 0) is 22.7 Å². The van der Waals surface area contributed by atoms with Crippen LogP contribution < -0.4 is 4.90 Å². The van der Waals surface area contributed by atoms with Crippen LogP contribution in [0.3, 0.4) is 0 Å². The lowest BCUT2D eigenvalue weighted by molar-refractivity contribution is -0.118. The molecule has 130 valence electrons. The zero-order valence-electron chi connectivity index (χ0n) is 14.6. The van der Waals surface area contributed by atoms with Crippen LogP contribution in [0.1, 0.15) is 19.4 Å². The number of carbonyl (C=O) groups is 2. The Hall–Kier alpha value is -3.28. The lowest BCUT2D eigenvalue weighted by atomic mass is 9.95. The summed E-state index contributed by atoms with van der Waals surface area (Å²) in [7, 11) is 0. The summed E-state index contributed by atoms with van der Waals surface area (Å²) in [5.74, 6) is -0.0461. The molecule has 0 spiro atoms. The summed E-state index contributed by atoms with van der Waals surface area (Å²) < 4.78 is 1.62. The van der Waals surface area contributed by atoms with Crippen LogP contribution in [0.2, 0.25) is 0 Å². The van der Waals surface area contributed by atoms with Crippen LogP contribution in [0, 0.1) is 0 Å². The van der Waals surface area contributed by atoms with Crippen molar-refractivity contribution >= 4 is 17.4 Å². The minimum absolute atomic E-state index is 0.00560. The number of nitrogens with zero attached hydrogens (tertiary/aromatic N) is 4. The maximum absolute atomic E-state index is 12.4. The molecule has 1 aliphatic heterocycles. The fraction of sp³-hybridized carbons (Fsp3) is 0.200. The highest BCUT2D eigenvalue weighted by Crippen LogP contribution is 2.40. The van der Waals surface area contributed by atoms with Gasteiger partial charge in [-0.15, -0.1) is 5.10 Å². The van der Waals surface area contributed by atoms with E-state index in [1.54, 1.807) is 16.5 Å². The molecule has 1 aromatic heterocycles. The quantitative estimate of drug-likeness (QED) is 0.715. The maximum Gasteiger partial charge on any atom is 0.224 e. The highest BCUT2D eigenvalue weighted by Gasteiger charge is 2.27. The molecule has 0 N–H and O–H groups in total. The van der Waals surface area contributed by atoms with Crippen molar-refractivity contribution < 1.29 is 9.59 Å².